The molecule has 3 heteroatoms. The maximum absolute atomic E-state index is 5.92. The molecule has 0 bridgehead atoms. The molecular formula is C9H20N3. The second-order valence-corrected chi connectivity index (χ2v) is 4.74. The van der Waals surface area contributed by atoms with Gasteiger partial charge < -0.3 is 0 Å². The van der Waals surface area contributed by atoms with E-state index in [-0.39, 0.29) is 11.7 Å². The molecule has 0 aromatic carbocycles. The first-order valence-electron chi connectivity index (χ1n) is 4.40. The summed E-state index contributed by atoms with van der Waals surface area (Å²) < 4.78 is 0. The lowest BCUT2D eigenvalue weighted by atomic mass is 9.69. The largest absolute Gasteiger partial charge is 0.268 e. The molecular weight excluding hydrogens is 150 g/mol. The van der Waals surface area contributed by atoms with E-state index in [1.54, 1.807) is 0 Å². The third-order valence-corrected chi connectivity index (χ3v) is 3.58. The molecule has 3 nitrogen and oxygen atoms in total. The van der Waals surface area contributed by atoms with Crippen LogP contribution in [0.25, 0.3) is 0 Å². The molecule has 0 saturated carbocycles. The van der Waals surface area contributed by atoms with Gasteiger partial charge in [0.2, 0.25) is 0 Å². The standard InChI is InChI=1S/C9H20N2.N/c1-8(2)6-5-7-11(10)9(8,3)4;/h5-7,10H2,1-4H3;. The highest BCUT2D eigenvalue weighted by Crippen LogP contribution is 2.41. The quantitative estimate of drug-likeness (QED) is 0.557. The van der Waals surface area contributed by atoms with Crippen molar-refractivity contribution in [1.82, 2.24) is 11.2 Å². The number of hydrogen-bond acceptors (Lipinski definition) is 2. The first kappa shape index (κ1) is 11.9. The van der Waals surface area contributed by atoms with Crippen LogP contribution in [0.2, 0.25) is 0 Å². The summed E-state index contributed by atoms with van der Waals surface area (Å²) in [4.78, 5) is 0. The van der Waals surface area contributed by atoms with Crippen molar-refractivity contribution >= 4 is 0 Å². The van der Waals surface area contributed by atoms with Gasteiger partial charge in [-0.3, -0.25) is 5.84 Å². The van der Waals surface area contributed by atoms with Crippen molar-refractivity contribution in [2.24, 2.45) is 11.3 Å². The first-order chi connectivity index (χ1) is 4.88. The maximum Gasteiger partial charge on any atom is 0.0346 e. The third-order valence-electron chi connectivity index (χ3n) is 3.58. The van der Waals surface area contributed by atoms with Crippen molar-refractivity contribution in [3.8, 4) is 0 Å². The van der Waals surface area contributed by atoms with Gasteiger partial charge in [0.15, 0.2) is 0 Å². The van der Waals surface area contributed by atoms with E-state index in [0.717, 1.165) is 6.54 Å². The number of nitrogens with two attached hydrogens (primary N) is 1. The van der Waals surface area contributed by atoms with Gasteiger partial charge in [-0.05, 0) is 32.1 Å². The normalized spacial score (nSPS) is 27.8. The summed E-state index contributed by atoms with van der Waals surface area (Å²) in [6.45, 7) is 10.1. The van der Waals surface area contributed by atoms with Crippen LogP contribution in [0.15, 0.2) is 0 Å². The molecule has 3 radical (unpaired) electrons. The molecule has 1 rings (SSSR count). The molecule has 0 aromatic heterocycles. The van der Waals surface area contributed by atoms with Crippen molar-refractivity contribution in [1.29, 1.82) is 0 Å². The lowest BCUT2D eigenvalue weighted by molar-refractivity contribution is -0.0312. The van der Waals surface area contributed by atoms with Crippen molar-refractivity contribution in [3.63, 3.8) is 0 Å². The lowest BCUT2D eigenvalue weighted by Crippen LogP contribution is -2.60. The Morgan fingerprint density at radius 3 is 2.00 bits per heavy atom. The Balaban J connectivity index is 0.00000121. The molecule has 0 unspecified atom stereocenters. The Hall–Kier alpha value is -0.120. The number of nitrogens with zero attached hydrogens (tertiary/aromatic N) is 2. The van der Waals surface area contributed by atoms with Crippen molar-refractivity contribution in [3.05, 3.63) is 0 Å². The number of rotatable bonds is 0. The van der Waals surface area contributed by atoms with Crippen LogP contribution in [0.3, 0.4) is 0 Å². The SMILES string of the molecule is CC1(C)CCCN(N)C1(C)C.[N]. The van der Waals surface area contributed by atoms with E-state index in [2.05, 4.69) is 27.7 Å². The van der Waals surface area contributed by atoms with E-state index >= 15 is 0 Å². The minimum atomic E-state index is 0. The van der Waals surface area contributed by atoms with Crippen molar-refractivity contribution in [2.45, 2.75) is 46.1 Å². The average Bonchev–Trinajstić information content (AvgIpc) is 1.84. The number of hydrogen-bond donors (Lipinski definition) is 1. The summed E-state index contributed by atoms with van der Waals surface area (Å²) >= 11 is 0. The molecule has 0 spiro atoms. The lowest BCUT2D eigenvalue weighted by Gasteiger charge is -2.51. The highest BCUT2D eigenvalue weighted by atomic mass is 15.4. The molecule has 1 heterocycles. The van der Waals surface area contributed by atoms with Gasteiger partial charge >= 0.3 is 0 Å². The highest BCUT2D eigenvalue weighted by molar-refractivity contribution is 4.96. The Bertz CT molecular complexity index is 152. The average molecular weight is 170 g/mol. The summed E-state index contributed by atoms with van der Waals surface area (Å²) in [7, 11) is 0. The number of piperidine rings is 1. The predicted molar refractivity (Wildman–Crippen MR) is 50.1 cm³/mol. The van der Waals surface area contributed by atoms with Crippen LogP contribution in [0.5, 0.6) is 0 Å². The fourth-order valence-electron chi connectivity index (χ4n) is 1.67. The second-order valence-electron chi connectivity index (χ2n) is 4.74. The summed E-state index contributed by atoms with van der Waals surface area (Å²) in [5, 5.41) is 1.98. The summed E-state index contributed by atoms with van der Waals surface area (Å²) in [5.74, 6) is 5.92. The molecule has 71 valence electrons. The highest BCUT2D eigenvalue weighted by Gasteiger charge is 2.42. The fourth-order valence-corrected chi connectivity index (χ4v) is 1.67. The van der Waals surface area contributed by atoms with E-state index in [9.17, 15) is 0 Å². The Kier molecular flexibility index (Phi) is 3.29. The second kappa shape index (κ2) is 3.32. The molecule has 1 fully saturated rings. The van der Waals surface area contributed by atoms with Crippen LogP contribution in [0.1, 0.15) is 40.5 Å². The molecule has 0 atom stereocenters. The minimum absolute atomic E-state index is 0. The summed E-state index contributed by atoms with van der Waals surface area (Å²) in [6, 6.07) is 0. The van der Waals surface area contributed by atoms with Crippen LogP contribution in [0.4, 0.5) is 0 Å². The molecule has 0 amide bonds. The zero-order chi connectivity index (χ0) is 8.70. The maximum atomic E-state index is 5.92. The Labute approximate surface area is 75.9 Å². The zero-order valence-corrected chi connectivity index (χ0v) is 8.59. The van der Waals surface area contributed by atoms with Gasteiger partial charge in [0.05, 0.1) is 0 Å². The van der Waals surface area contributed by atoms with Gasteiger partial charge in [0, 0.05) is 18.2 Å². The van der Waals surface area contributed by atoms with E-state index < -0.39 is 0 Å². The zero-order valence-electron chi connectivity index (χ0n) is 8.59. The monoisotopic (exact) mass is 170 g/mol. The van der Waals surface area contributed by atoms with E-state index in [1.165, 1.54) is 12.8 Å². The van der Waals surface area contributed by atoms with Crippen LogP contribution in [-0.4, -0.2) is 17.1 Å². The topological polar surface area (TPSA) is 59.8 Å². The molecule has 0 aromatic rings. The van der Waals surface area contributed by atoms with Gasteiger partial charge in [-0.1, -0.05) is 13.8 Å². The van der Waals surface area contributed by atoms with Gasteiger partial charge in [-0.15, -0.1) is 0 Å². The van der Waals surface area contributed by atoms with Gasteiger partial charge in [-0.2, -0.15) is 0 Å². The molecule has 0 aliphatic carbocycles. The molecule has 2 N–H and O–H groups in total. The predicted octanol–water partition coefficient (Wildman–Crippen LogP) is 1.28. The van der Waals surface area contributed by atoms with Gasteiger partial charge in [0.1, 0.15) is 0 Å². The van der Waals surface area contributed by atoms with E-state index in [0.29, 0.717) is 5.41 Å². The van der Waals surface area contributed by atoms with Crippen LogP contribution in [-0.2, 0) is 0 Å². The Morgan fingerprint density at radius 1 is 1.17 bits per heavy atom. The number of hydrazine groups is 1. The molecule has 1 aliphatic heterocycles. The molecule has 12 heavy (non-hydrogen) atoms. The van der Waals surface area contributed by atoms with Crippen LogP contribution in [0, 0.1) is 5.41 Å². The van der Waals surface area contributed by atoms with Gasteiger partial charge in [-0.25, -0.2) is 5.01 Å². The minimum Gasteiger partial charge on any atom is -0.268 e. The van der Waals surface area contributed by atoms with Gasteiger partial charge in [0.25, 0.3) is 0 Å². The first-order valence-corrected chi connectivity index (χ1v) is 4.40. The smallest absolute Gasteiger partial charge is 0.0346 e. The van der Waals surface area contributed by atoms with E-state index in [1.807, 2.05) is 5.01 Å². The molecule has 1 saturated heterocycles. The fraction of sp³-hybridized carbons (Fsp3) is 1.00. The Morgan fingerprint density at radius 2 is 1.67 bits per heavy atom. The van der Waals surface area contributed by atoms with Crippen LogP contribution >= 0.6 is 0 Å². The van der Waals surface area contributed by atoms with Crippen molar-refractivity contribution < 1.29 is 0 Å². The third kappa shape index (κ3) is 1.63. The van der Waals surface area contributed by atoms with E-state index in [4.69, 9.17) is 5.84 Å². The van der Waals surface area contributed by atoms with Crippen LogP contribution < -0.4 is 12.0 Å². The summed E-state index contributed by atoms with van der Waals surface area (Å²) in [5.41, 5.74) is 0.491. The van der Waals surface area contributed by atoms with Crippen molar-refractivity contribution in [2.75, 3.05) is 6.54 Å². The summed E-state index contributed by atoms with van der Waals surface area (Å²) in [6.07, 6.45) is 2.51. The molecule has 1 aliphatic rings.